The van der Waals surface area contributed by atoms with Crippen molar-refractivity contribution in [3.05, 3.63) is 98.1 Å². The molecule has 6 aromatic rings. The van der Waals surface area contributed by atoms with Gasteiger partial charge in [0.15, 0.2) is 0 Å². The van der Waals surface area contributed by atoms with Crippen LogP contribution in [-0.4, -0.2) is 19.9 Å². The molecule has 0 aliphatic carbocycles. The third kappa shape index (κ3) is 2.54. The maximum atomic E-state index is 4.24. The van der Waals surface area contributed by atoms with Crippen molar-refractivity contribution in [3.63, 3.8) is 0 Å². The van der Waals surface area contributed by atoms with Gasteiger partial charge in [-0.25, -0.2) is 19.9 Å². The summed E-state index contributed by atoms with van der Waals surface area (Å²) in [4.78, 5) is 16.9. The third-order valence-corrected chi connectivity index (χ3v) is 5.60. The lowest BCUT2D eigenvalue weighted by Crippen LogP contribution is -1.90. The van der Waals surface area contributed by atoms with Crippen LogP contribution in [0, 0.1) is 0 Å². The number of benzene rings is 4. The minimum atomic E-state index is 1.01. The average molecular weight is 384 g/mol. The monoisotopic (exact) mass is 384 g/mol. The first-order chi connectivity index (χ1) is 14.9. The van der Waals surface area contributed by atoms with E-state index in [2.05, 4.69) is 80.6 Å². The molecule has 0 bridgehead atoms. The molecule has 0 amide bonds. The molecule has 0 saturated carbocycles. The second-order valence-corrected chi connectivity index (χ2v) is 7.29. The molecule has 0 fully saturated rings. The van der Waals surface area contributed by atoms with E-state index in [4.69, 9.17) is 0 Å². The smallest absolute Gasteiger partial charge is 0.115 e. The molecule has 2 aromatic heterocycles. The summed E-state index contributed by atoms with van der Waals surface area (Å²) in [5.41, 5.74) is 4.27. The summed E-state index contributed by atoms with van der Waals surface area (Å²) in [5.74, 6) is 0. The van der Waals surface area contributed by atoms with Crippen molar-refractivity contribution in [2.45, 2.75) is 0 Å². The van der Waals surface area contributed by atoms with E-state index in [0.717, 1.165) is 22.3 Å². The van der Waals surface area contributed by atoms with Gasteiger partial charge in [0.2, 0.25) is 0 Å². The average Bonchev–Trinajstić information content (AvgIpc) is 2.84. The van der Waals surface area contributed by atoms with E-state index in [-0.39, 0.29) is 0 Å². The van der Waals surface area contributed by atoms with Crippen LogP contribution in [0.15, 0.2) is 98.1 Å². The third-order valence-electron chi connectivity index (χ3n) is 5.60. The van der Waals surface area contributed by atoms with Gasteiger partial charge in [0, 0.05) is 35.9 Å². The van der Waals surface area contributed by atoms with Crippen LogP contribution in [0.3, 0.4) is 0 Å². The predicted molar refractivity (Wildman–Crippen MR) is 121 cm³/mol. The zero-order chi connectivity index (χ0) is 19.9. The van der Waals surface area contributed by atoms with Crippen molar-refractivity contribution in [2.24, 2.45) is 0 Å². The number of hydrogen-bond acceptors (Lipinski definition) is 4. The summed E-state index contributed by atoms with van der Waals surface area (Å²) in [6.45, 7) is 0. The first kappa shape index (κ1) is 16.7. The molecule has 4 aromatic carbocycles. The molecule has 0 unspecified atom stereocenters. The van der Waals surface area contributed by atoms with Gasteiger partial charge in [0.25, 0.3) is 0 Å². The van der Waals surface area contributed by atoms with Crippen molar-refractivity contribution in [3.8, 4) is 22.3 Å². The molecular weight excluding hydrogens is 368 g/mol. The van der Waals surface area contributed by atoms with Crippen molar-refractivity contribution in [1.29, 1.82) is 0 Å². The van der Waals surface area contributed by atoms with Crippen molar-refractivity contribution < 1.29 is 0 Å². The quantitative estimate of drug-likeness (QED) is 0.341. The fraction of sp³-hybridized carbons (Fsp3) is 0. The Morgan fingerprint density at radius 3 is 1.30 bits per heavy atom. The molecule has 4 nitrogen and oxygen atoms in total. The summed E-state index contributed by atoms with van der Waals surface area (Å²) in [5, 5.41) is 7.26. The Kier molecular flexibility index (Phi) is 3.74. The molecule has 6 rings (SSSR count). The fourth-order valence-electron chi connectivity index (χ4n) is 4.33. The first-order valence-corrected chi connectivity index (χ1v) is 9.78. The van der Waals surface area contributed by atoms with Crippen LogP contribution in [0.25, 0.3) is 54.6 Å². The fourth-order valence-corrected chi connectivity index (χ4v) is 4.33. The van der Waals surface area contributed by atoms with Crippen molar-refractivity contribution >= 4 is 32.3 Å². The van der Waals surface area contributed by atoms with Crippen LogP contribution in [0.2, 0.25) is 0 Å². The topological polar surface area (TPSA) is 51.6 Å². The molecule has 140 valence electrons. The van der Waals surface area contributed by atoms with Crippen LogP contribution in [0.5, 0.6) is 0 Å². The molecular formula is C26H16N4. The maximum Gasteiger partial charge on any atom is 0.115 e. The van der Waals surface area contributed by atoms with E-state index in [1.165, 1.54) is 32.3 Å². The van der Waals surface area contributed by atoms with E-state index in [0.29, 0.717) is 0 Å². The highest BCUT2D eigenvalue weighted by atomic mass is 14.8. The number of hydrogen-bond donors (Lipinski definition) is 0. The van der Waals surface area contributed by atoms with Crippen LogP contribution in [0.1, 0.15) is 0 Å². The molecule has 0 atom stereocenters. The second kappa shape index (κ2) is 6.71. The van der Waals surface area contributed by atoms with Gasteiger partial charge in [-0.15, -0.1) is 0 Å². The largest absolute Gasteiger partial charge is 0.244 e. The molecule has 30 heavy (non-hydrogen) atoms. The molecule has 0 saturated heterocycles. The summed E-state index contributed by atoms with van der Waals surface area (Å²) in [7, 11) is 0. The highest BCUT2D eigenvalue weighted by Gasteiger charge is 2.14. The Bertz CT molecular complexity index is 1410. The van der Waals surface area contributed by atoms with Gasteiger partial charge < -0.3 is 0 Å². The molecule has 0 aliphatic heterocycles. The summed E-state index contributed by atoms with van der Waals surface area (Å²) >= 11 is 0. The van der Waals surface area contributed by atoms with E-state index in [1.54, 1.807) is 12.7 Å². The summed E-state index contributed by atoms with van der Waals surface area (Å²) < 4.78 is 0. The van der Waals surface area contributed by atoms with E-state index in [1.807, 2.05) is 24.8 Å². The van der Waals surface area contributed by atoms with Gasteiger partial charge in [-0.3, -0.25) is 0 Å². The predicted octanol–water partition coefficient (Wildman–Crippen LogP) is 6.06. The Balaban J connectivity index is 1.82. The Morgan fingerprint density at radius 1 is 0.467 bits per heavy atom. The normalized spacial score (nSPS) is 11.3. The summed E-state index contributed by atoms with van der Waals surface area (Å²) in [6, 6.07) is 21.6. The standard InChI is InChI=1S/C26H16N4/c1-3-7-22-20(5-1)24(18-11-27-15-28-12-18)9-17-10-25(19-13-29-16-30-14-19)21-6-2-4-8-23(21)26(17)22/h1-16H. The van der Waals surface area contributed by atoms with Crippen LogP contribution in [-0.2, 0) is 0 Å². The zero-order valence-corrected chi connectivity index (χ0v) is 16.0. The number of rotatable bonds is 2. The van der Waals surface area contributed by atoms with E-state index >= 15 is 0 Å². The Morgan fingerprint density at radius 2 is 0.867 bits per heavy atom. The van der Waals surface area contributed by atoms with Gasteiger partial charge in [-0.2, -0.15) is 0 Å². The SMILES string of the molecule is c1ccc2c(c1)c(-c1cncnc1)cc1cc(-c3cncnc3)c3ccccc3c12. The number of fused-ring (bicyclic) bond motifs is 5. The van der Waals surface area contributed by atoms with Crippen LogP contribution >= 0.6 is 0 Å². The number of nitrogens with zero attached hydrogens (tertiary/aromatic N) is 4. The molecule has 2 heterocycles. The lowest BCUT2D eigenvalue weighted by atomic mass is 9.88. The van der Waals surface area contributed by atoms with Crippen molar-refractivity contribution in [1.82, 2.24) is 19.9 Å². The first-order valence-electron chi connectivity index (χ1n) is 9.78. The Labute approximate surface area is 172 Å². The minimum absolute atomic E-state index is 1.01. The van der Waals surface area contributed by atoms with Gasteiger partial charge >= 0.3 is 0 Å². The molecule has 0 N–H and O–H groups in total. The number of aromatic nitrogens is 4. The minimum Gasteiger partial charge on any atom is -0.244 e. The van der Waals surface area contributed by atoms with Crippen molar-refractivity contribution in [2.75, 3.05) is 0 Å². The van der Waals surface area contributed by atoms with Crippen LogP contribution in [0.4, 0.5) is 0 Å². The van der Waals surface area contributed by atoms with Gasteiger partial charge in [-0.1, -0.05) is 48.5 Å². The van der Waals surface area contributed by atoms with Crippen LogP contribution < -0.4 is 0 Å². The zero-order valence-electron chi connectivity index (χ0n) is 16.0. The van der Waals surface area contributed by atoms with Gasteiger partial charge in [-0.05, 0) is 55.6 Å². The highest BCUT2D eigenvalue weighted by Crippen LogP contribution is 2.41. The highest BCUT2D eigenvalue weighted by molar-refractivity contribution is 6.25. The van der Waals surface area contributed by atoms with Gasteiger partial charge in [0.1, 0.15) is 12.7 Å². The molecule has 0 aliphatic rings. The molecule has 4 heteroatoms. The second-order valence-electron chi connectivity index (χ2n) is 7.29. The maximum absolute atomic E-state index is 4.24. The van der Waals surface area contributed by atoms with E-state index in [9.17, 15) is 0 Å². The summed E-state index contributed by atoms with van der Waals surface area (Å²) in [6.07, 6.45) is 10.6. The molecule has 0 radical (unpaired) electrons. The molecule has 0 spiro atoms. The lowest BCUT2D eigenvalue weighted by Gasteiger charge is -2.15. The van der Waals surface area contributed by atoms with E-state index < -0.39 is 0 Å². The van der Waals surface area contributed by atoms with Gasteiger partial charge in [0.05, 0.1) is 0 Å². The Hall–Kier alpha value is -4.18. The lowest BCUT2D eigenvalue weighted by molar-refractivity contribution is 1.17.